The van der Waals surface area contributed by atoms with Crippen molar-refractivity contribution in [3.8, 4) is 0 Å². The lowest BCUT2D eigenvalue weighted by molar-refractivity contribution is -0.140. The standard InChI is InChI=1S/C13H24N2O2/c1-13(2)7-8-14(3)11(6-9-16)12(17)15(13)10-4-5-10/h10-11,16H,4-9H2,1-3H3. The van der Waals surface area contributed by atoms with E-state index in [1.807, 2.05) is 7.05 Å². The van der Waals surface area contributed by atoms with Crippen molar-refractivity contribution in [2.75, 3.05) is 20.2 Å². The quantitative estimate of drug-likeness (QED) is 0.795. The van der Waals surface area contributed by atoms with Gasteiger partial charge in [-0.2, -0.15) is 0 Å². The van der Waals surface area contributed by atoms with Crippen molar-refractivity contribution in [1.82, 2.24) is 9.80 Å². The molecular formula is C13H24N2O2. The third kappa shape index (κ3) is 2.47. The van der Waals surface area contributed by atoms with Crippen LogP contribution < -0.4 is 0 Å². The van der Waals surface area contributed by atoms with E-state index in [1.165, 1.54) is 0 Å². The first-order chi connectivity index (χ1) is 7.97. The number of carbonyl (C=O) groups is 1. The zero-order valence-corrected chi connectivity index (χ0v) is 11.1. The maximum atomic E-state index is 12.6. The second kappa shape index (κ2) is 4.58. The molecule has 4 nitrogen and oxygen atoms in total. The highest BCUT2D eigenvalue weighted by molar-refractivity contribution is 5.83. The first-order valence-electron chi connectivity index (χ1n) is 6.61. The van der Waals surface area contributed by atoms with Crippen LogP contribution in [-0.4, -0.2) is 58.6 Å². The third-order valence-corrected chi connectivity index (χ3v) is 4.10. The lowest BCUT2D eigenvalue weighted by Gasteiger charge is -2.38. The van der Waals surface area contributed by atoms with Crippen molar-refractivity contribution in [3.63, 3.8) is 0 Å². The number of rotatable bonds is 3. The number of amides is 1. The third-order valence-electron chi connectivity index (χ3n) is 4.10. The maximum Gasteiger partial charge on any atom is 0.240 e. The zero-order valence-electron chi connectivity index (χ0n) is 11.1. The van der Waals surface area contributed by atoms with Gasteiger partial charge in [0.1, 0.15) is 0 Å². The molecule has 0 aromatic carbocycles. The molecule has 1 unspecified atom stereocenters. The van der Waals surface area contributed by atoms with Crippen LogP contribution >= 0.6 is 0 Å². The van der Waals surface area contributed by atoms with Gasteiger partial charge in [0, 0.05) is 24.7 Å². The largest absolute Gasteiger partial charge is 0.396 e. The second-order valence-electron chi connectivity index (χ2n) is 6.01. The molecule has 4 heteroatoms. The van der Waals surface area contributed by atoms with Crippen LogP contribution in [-0.2, 0) is 4.79 Å². The predicted octanol–water partition coefficient (Wildman–Crippen LogP) is 0.843. The number of carbonyl (C=O) groups excluding carboxylic acids is 1. The minimum atomic E-state index is -0.137. The van der Waals surface area contributed by atoms with Gasteiger partial charge in [-0.25, -0.2) is 0 Å². The summed E-state index contributed by atoms with van der Waals surface area (Å²) in [5, 5.41) is 9.12. The summed E-state index contributed by atoms with van der Waals surface area (Å²) in [6, 6.07) is 0.313. The Morgan fingerprint density at radius 1 is 1.41 bits per heavy atom. The summed E-state index contributed by atoms with van der Waals surface area (Å²) in [6.07, 6.45) is 3.85. The average molecular weight is 240 g/mol. The molecule has 0 aromatic rings. The lowest BCUT2D eigenvalue weighted by atomic mass is 9.98. The second-order valence-corrected chi connectivity index (χ2v) is 6.01. The first-order valence-corrected chi connectivity index (χ1v) is 6.61. The Kier molecular flexibility index (Phi) is 3.46. The van der Waals surface area contributed by atoms with Gasteiger partial charge in [0.05, 0.1) is 6.04 Å². The Balaban J connectivity index is 2.23. The van der Waals surface area contributed by atoms with E-state index >= 15 is 0 Å². The van der Waals surface area contributed by atoms with Gasteiger partial charge in [0.25, 0.3) is 0 Å². The molecule has 1 saturated heterocycles. The Morgan fingerprint density at radius 2 is 2.06 bits per heavy atom. The van der Waals surface area contributed by atoms with Crippen LogP contribution in [0.15, 0.2) is 0 Å². The molecule has 1 aliphatic heterocycles. The van der Waals surface area contributed by atoms with Crippen molar-refractivity contribution < 1.29 is 9.90 Å². The highest BCUT2D eigenvalue weighted by Crippen LogP contribution is 2.37. The van der Waals surface area contributed by atoms with Crippen molar-refractivity contribution in [2.24, 2.45) is 0 Å². The monoisotopic (exact) mass is 240 g/mol. The Labute approximate surface area is 104 Å². The molecule has 2 fully saturated rings. The predicted molar refractivity (Wildman–Crippen MR) is 66.7 cm³/mol. The molecule has 0 spiro atoms. The van der Waals surface area contributed by atoms with E-state index in [0.717, 1.165) is 25.8 Å². The van der Waals surface area contributed by atoms with Crippen LogP contribution in [0.2, 0.25) is 0 Å². The van der Waals surface area contributed by atoms with Gasteiger partial charge in [0.15, 0.2) is 0 Å². The SMILES string of the molecule is CN1CCC(C)(C)N(C2CC2)C(=O)C1CCO. The van der Waals surface area contributed by atoms with E-state index < -0.39 is 0 Å². The molecule has 98 valence electrons. The summed E-state index contributed by atoms with van der Waals surface area (Å²) in [6.45, 7) is 5.34. The molecular weight excluding hydrogens is 216 g/mol. The van der Waals surface area contributed by atoms with E-state index in [1.54, 1.807) is 0 Å². The van der Waals surface area contributed by atoms with Crippen LogP contribution in [0, 0.1) is 0 Å². The van der Waals surface area contributed by atoms with Gasteiger partial charge in [-0.3, -0.25) is 9.69 Å². The summed E-state index contributed by atoms with van der Waals surface area (Å²) < 4.78 is 0. The van der Waals surface area contributed by atoms with Gasteiger partial charge < -0.3 is 10.0 Å². The summed E-state index contributed by atoms with van der Waals surface area (Å²) >= 11 is 0. The van der Waals surface area contributed by atoms with Crippen LogP contribution in [0.5, 0.6) is 0 Å². The molecule has 2 rings (SSSR count). The van der Waals surface area contributed by atoms with E-state index in [0.29, 0.717) is 12.5 Å². The Morgan fingerprint density at radius 3 is 2.59 bits per heavy atom. The molecule has 0 bridgehead atoms. The number of hydrogen-bond acceptors (Lipinski definition) is 3. The number of aliphatic hydroxyl groups excluding tert-OH is 1. The maximum absolute atomic E-state index is 12.6. The number of hydrogen-bond donors (Lipinski definition) is 1. The van der Waals surface area contributed by atoms with E-state index in [9.17, 15) is 4.79 Å². The molecule has 1 saturated carbocycles. The fraction of sp³-hybridized carbons (Fsp3) is 0.923. The molecule has 2 aliphatic rings. The summed E-state index contributed by atoms with van der Waals surface area (Å²) in [4.78, 5) is 16.8. The van der Waals surface area contributed by atoms with E-state index in [-0.39, 0.29) is 24.1 Å². The fourth-order valence-electron chi connectivity index (χ4n) is 2.85. The lowest BCUT2D eigenvalue weighted by Crippen LogP contribution is -2.52. The topological polar surface area (TPSA) is 43.8 Å². The number of nitrogens with zero attached hydrogens (tertiary/aromatic N) is 2. The van der Waals surface area contributed by atoms with Crippen LogP contribution in [0.3, 0.4) is 0 Å². The number of likely N-dealkylation sites (N-methyl/N-ethyl adjacent to an activating group) is 1. The van der Waals surface area contributed by atoms with Crippen LogP contribution in [0.4, 0.5) is 0 Å². The average Bonchev–Trinajstić information content (AvgIpc) is 3.05. The summed E-state index contributed by atoms with van der Waals surface area (Å²) in [5.74, 6) is 0.214. The molecule has 1 N–H and O–H groups in total. The highest BCUT2D eigenvalue weighted by atomic mass is 16.3. The molecule has 1 heterocycles. The van der Waals surface area contributed by atoms with E-state index in [2.05, 4.69) is 23.6 Å². The van der Waals surface area contributed by atoms with Crippen molar-refractivity contribution in [1.29, 1.82) is 0 Å². The summed E-state index contributed by atoms with van der Waals surface area (Å²) in [5.41, 5.74) is -0.0449. The van der Waals surface area contributed by atoms with Crippen molar-refractivity contribution in [3.05, 3.63) is 0 Å². The molecule has 1 amide bonds. The van der Waals surface area contributed by atoms with E-state index in [4.69, 9.17) is 5.11 Å². The first kappa shape index (κ1) is 12.8. The number of aliphatic hydroxyl groups is 1. The fourth-order valence-corrected chi connectivity index (χ4v) is 2.85. The zero-order chi connectivity index (χ0) is 12.6. The highest BCUT2D eigenvalue weighted by Gasteiger charge is 2.46. The van der Waals surface area contributed by atoms with Gasteiger partial charge in [-0.15, -0.1) is 0 Å². The molecule has 1 atom stereocenters. The van der Waals surface area contributed by atoms with Crippen molar-refractivity contribution >= 4 is 5.91 Å². The molecule has 1 aliphatic carbocycles. The molecule has 17 heavy (non-hydrogen) atoms. The van der Waals surface area contributed by atoms with Gasteiger partial charge in [0.2, 0.25) is 5.91 Å². The van der Waals surface area contributed by atoms with Crippen LogP contribution in [0.1, 0.15) is 39.5 Å². The normalized spacial score (nSPS) is 30.5. The van der Waals surface area contributed by atoms with Gasteiger partial charge >= 0.3 is 0 Å². The smallest absolute Gasteiger partial charge is 0.240 e. The van der Waals surface area contributed by atoms with Crippen LogP contribution in [0.25, 0.3) is 0 Å². The Hall–Kier alpha value is -0.610. The summed E-state index contributed by atoms with van der Waals surface area (Å²) in [7, 11) is 1.99. The molecule has 0 radical (unpaired) electrons. The minimum Gasteiger partial charge on any atom is -0.396 e. The van der Waals surface area contributed by atoms with Gasteiger partial charge in [-0.1, -0.05) is 0 Å². The Bertz CT molecular complexity index is 300. The van der Waals surface area contributed by atoms with Gasteiger partial charge in [-0.05, 0) is 46.6 Å². The minimum absolute atomic E-state index is 0.0449. The van der Waals surface area contributed by atoms with Crippen molar-refractivity contribution in [2.45, 2.75) is 57.2 Å². The molecule has 0 aromatic heterocycles.